The molecule has 0 bridgehead atoms. The monoisotopic (exact) mass is 235 g/mol. The topological polar surface area (TPSA) is 87.2 Å². The van der Waals surface area contributed by atoms with E-state index in [9.17, 15) is 9.59 Å². The van der Waals surface area contributed by atoms with E-state index in [2.05, 4.69) is 20.6 Å². The minimum Gasteiger partial charge on any atom is -0.373 e. The molecule has 2 heterocycles. The summed E-state index contributed by atoms with van der Waals surface area (Å²) in [6.45, 7) is 1.84. The largest absolute Gasteiger partial charge is 0.373 e. The number of anilines is 2. The predicted molar refractivity (Wildman–Crippen MR) is 61.5 cm³/mol. The molecule has 7 heteroatoms. The molecule has 0 saturated carbocycles. The van der Waals surface area contributed by atoms with Crippen molar-refractivity contribution < 1.29 is 9.59 Å². The Morgan fingerprint density at radius 2 is 2.24 bits per heavy atom. The van der Waals surface area contributed by atoms with Gasteiger partial charge in [0.15, 0.2) is 0 Å². The Kier molecular flexibility index (Phi) is 2.90. The summed E-state index contributed by atoms with van der Waals surface area (Å²) in [4.78, 5) is 32.5. The summed E-state index contributed by atoms with van der Waals surface area (Å²) in [5, 5.41) is 5.16. The minimum atomic E-state index is -0.424. The Hall–Kier alpha value is -2.18. The summed E-state index contributed by atoms with van der Waals surface area (Å²) in [5.74, 6) is 0.560. The van der Waals surface area contributed by atoms with Gasteiger partial charge in [-0.1, -0.05) is 0 Å². The van der Waals surface area contributed by atoms with E-state index in [0.29, 0.717) is 11.6 Å². The van der Waals surface area contributed by atoms with Crippen LogP contribution >= 0.6 is 0 Å². The minimum absolute atomic E-state index is 0.118. The van der Waals surface area contributed by atoms with E-state index < -0.39 is 6.04 Å². The highest BCUT2D eigenvalue weighted by atomic mass is 16.2. The van der Waals surface area contributed by atoms with Crippen LogP contribution in [0.1, 0.15) is 6.92 Å². The second-order valence-electron chi connectivity index (χ2n) is 3.73. The highest BCUT2D eigenvalue weighted by molar-refractivity contribution is 6.04. The first-order valence-electron chi connectivity index (χ1n) is 5.22. The van der Waals surface area contributed by atoms with Crippen LogP contribution in [0.5, 0.6) is 0 Å². The third-order valence-electron chi connectivity index (χ3n) is 2.63. The van der Waals surface area contributed by atoms with Gasteiger partial charge < -0.3 is 10.2 Å². The van der Waals surface area contributed by atoms with E-state index in [4.69, 9.17) is 0 Å². The van der Waals surface area contributed by atoms with Crippen molar-refractivity contribution in [1.29, 1.82) is 0 Å². The standard InChI is InChI=1S/C10H13N5O2/c1-6-10(17)14-9(16)4-15(6)8-3-7(11-2)12-5-13-8/h3,5-6H,4H2,1-2H3,(H,11,12,13)(H,14,16,17). The van der Waals surface area contributed by atoms with Gasteiger partial charge in [-0.25, -0.2) is 9.97 Å². The molecule has 1 saturated heterocycles. The zero-order valence-electron chi connectivity index (χ0n) is 9.60. The Morgan fingerprint density at radius 3 is 2.94 bits per heavy atom. The van der Waals surface area contributed by atoms with Crippen LogP contribution in [0, 0.1) is 0 Å². The van der Waals surface area contributed by atoms with Crippen molar-refractivity contribution in [3.63, 3.8) is 0 Å². The van der Waals surface area contributed by atoms with Gasteiger partial charge in [-0.15, -0.1) is 0 Å². The van der Waals surface area contributed by atoms with Gasteiger partial charge >= 0.3 is 0 Å². The van der Waals surface area contributed by atoms with Gasteiger partial charge in [-0.3, -0.25) is 14.9 Å². The number of carbonyl (C=O) groups excluding carboxylic acids is 2. The van der Waals surface area contributed by atoms with Gasteiger partial charge in [0, 0.05) is 13.1 Å². The van der Waals surface area contributed by atoms with Crippen molar-refractivity contribution in [3.05, 3.63) is 12.4 Å². The molecule has 0 radical (unpaired) electrons. The summed E-state index contributed by atoms with van der Waals surface area (Å²) in [5.41, 5.74) is 0. The van der Waals surface area contributed by atoms with E-state index in [1.807, 2.05) is 0 Å². The average Bonchev–Trinajstić information content (AvgIpc) is 2.34. The molecule has 1 atom stereocenters. The Morgan fingerprint density at radius 1 is 1.47 bits per heavy atom. The molecule has 0 aromatic carbocycles. The lowest BCUT2D eigenvalue weighted by molar-refractivity contribution is -0.132. The molecule has 2 N–H and O–H groups in total. The lowest BCUT2D eigenvalue weighted by atomic mass is 10.2. The number of piperazine rings is 1. The van der Waals surface area contributed by atoms with E-state index in [0.717, 1.165) is 0 Å². The van der Waals surface area contributed by atoms with Crippen molar-refractivity contribution in [2.45, 2.75) is 13.0 Å². The molecule has 2 amide bonds. The number of nitrogens with one attached hydrogen (secondary N) is 2. The molecule has 7 nitrogen and oxygen atoms in total. The molecular weight excluding hydrogens is 222 g/mol. The summed E-state index contributed by atoms with van der Waals surface area (Å²) < 4.78 is 0. The van der Waals surface area contributed by atoms with Gasteiger partial charge in [-0.05, 0) is 6.92 Å². The highest BCUT2D eigenvalue weighted by Crippen LogP contribution is 2.18. The predicted octanol–water partition coefficient (Wildman–Crippen LogP) is -0.630. The maximum Gasteiger partial charge on any atom is 0.249 e. The van der Waals surface area contributed by atoms with Crippen LogP contribution < -0.4 is 15.5 Å². The highest BCUT2D eigenvalue weighted by Gasteiger charge is 2.31. The first kappa shape index (κ1) is 11.3. The molecule has 1 aliphatic rings. The maximum atomic E-state index is 11.5. The lowest BCUT2D eigenvalue weighted by Gasteiger charge is -2.32. The fourth-order valence-corrected chi connectivity index (χ4v) is 1.63. The third-order valence-corrected chi connectivity index (χ3v) is 2.63. The lowest BCUT2D eigenvalue weighted by Crippen LogP contribution is -2.57. The zero-order valence-corrected chi connectivity index (χ0v) is 9.60. The van der Waals surface area contributed by atoms with Crippen molar-refractivity contribution >= 4 is 23.5 Å². The summed E-state index contributed by atoms with van der Waals surface area (Å²) in [6, 6.07) is 1.27. The normalized spacial score (nSPS) is 20.1. The number of nitrogens with zero attached hydrogens (tertiary/aromatic N) is 3. The number of rotatable bonds is 2. The van der Waals surface area contributed by atoms with Gasteiger partial charge in [0.2, 0.25) is 11.8 Å². The average molecular weight is 235 g/mol. The van der Waals surface area contributed by atoms with Gasteiger partial charge in [0.1, 0.15) is 24.0 Å². The molecule has 0 aliphatic carbocycles. The summed E-state index contributed by atoms with van der Waals surface area (Å²) in [7, 11) is 1.74. The van der Waals surface area contributed by atoms with Crippen molar-refractivity contribution in [2.75, 3.05) is 23.8 Å². The molecule has 1 aromatic heterocycles. The number of amides is 2. The van der Waals surface area contributed by atoms with Crippen LogP contribution in [0.4, 0.5) is 11.6 Å². The smallest absolute Gasteiger partial charge is 0.249 e. The molecule has 1 unspecified atom stereocenters. The molecule has 2 rings (SSSR count). The van der Waals surface area contributed by atoms with Crippen LogP contribution in [0.15, 0.2) is 12.4 Å². The molecule has 17 heavy (non-hydrogen) atoms. The van der Waals surface area contributed by atoms with E-state index in [1.54, 1.807) is 24.9 Å². The Balaban J connectivity index is 2.30. The fraction of sp³-hybridized carbons (Fsp3) is 0.400. The van der Waals surface area contributed by atoms with E-state index >= 15 is 0 Å². The molecule has 1 fully saturated rings. The van der Waals surface area contributed by atoms with Crippen LogP contribution in [0.3, 0.4) is 0 Å². The van der Waals surface area contributed by atoms with Crippen LogP contribution in [0.25, 0.3) is 0 Å². The van der Waals surface area contributed by atoms with Gasteiger partial charge in [0.05, 0.1) is 6.54 Å². The number of aromatic nitrogens is 2. The molecule has 90 valence electrons. The molecular formula is C10H13N5O2. The second-order valence-corrected chi connectivity index (χ2v) is 3.73. The molecule has 0 spiro atoms. The quantitative estimate of drug-likeness (QED) is 0.664. The molecule has 1 aromatic rings. The van der Waals surface area contributed by atoms with Crippen LogP contribution in [-0.4, -0.2) is 41.4 Å². The van der Waals surface area contributed by atoms with Crippen LogP contribution in [-0.2, 0) is 9.59 Å². The third kappa shape index (κ3) is 2.17. The number of hydrogen-bond donors (Lipinski definition) is 2. The number of imide groups is 1. The van der Waals surface area contributed by atoms with Crippen molar-refractivity contribution in [1.82, 2.24) is 15.3 Å². The van der Waals surface area contributed by atoms with E-state index in [1.165, 1.54) is 6.33 Å². The first-order valence-corrected chi connectivity index (χ1v) is 5.22. The van der Waals surface area contributed by atoms with Gasteiger partial charge in [0.25, 0.3) is 0 Å². The number of hydrogen-bond acceptors (Lipinski definition) is 6. The van der Waals surface area contributed by atoms with Crippen LogP contribution in [0.2, 0.25) is 0 Å². The number of carbonyl (C=O) groups is 2. The Bertz CT molecular complexity index is 462. The van der Waals surface area contributed by atoms with Gasteiger partial charge in [-0.2, -0.15) is 0 Å². The molecule has 1 aliphatic heterocycles. The Labute approximate surface area is 98.2 Å². The zero-order chi connectivity index (χ0) is 12.4. The second kappa shape index (κ2) is 4.36. The summed E-state index contributed by atoms with van der Waals surface area (Å²) in [6.07, 6.45) is 1.39. The first-order chi connectivity index (χ1) is 8.11. The van der Waals surface area contributed by atoms with Crippen molar-refractivity contribution in [3.8, 4) is 0 Å². The van der Waals surface area contributed by atoms with E-state index in [-0.39, 0.29) is 18.4 Å². The maximum absolute atomic E-state index is 11.5. The van der Waals surface area contributed by atoms with Crippen molar-refractivity contribution in [2.24, 2.45) is 0 Å². The SMILES string of the molecule is CNc1cc(N2CC(=O)NC(=O)C2C)ncn1. The fourth-order valence-electron chi connectivity index (χ4n) is 1.63. The summed E-state index contributed by atoms with van der Waals surface area (Å²) >= 11 is 0.